The zero-order valence-electron chi connectivity index (χ0n) is 19.0. The highest BCUT2D eigenvalue weighted by Gasteiger charge is 2.29. The van der Waals surface area contributed by atoms with Gasteiger partial charge in [0.1, 0.15) is 5.75 Å². The first-order valence-electron chi connectivity index (χ1n) is 11.0. The second-order valence-corrected chi connectivity index (χ2v) is 8.47. The van der Waals surface area contributed by atoms with Crippen molar-refractivity contribution in [3.05, 3.63) is 63.1 Å². The fourth-order valence-corrected chi connectivity index (χ4v) is 4.84. The quantitative estimate of drug-likeness (QED) is 0.616. The Balaban J connectivity index is 1.67. The van der Waals surface area contributed by atoms with Crippen molar-refractivity contribution in [3.8, 4) is 5.75 Å². The van der Waals surface area contributed by atoms with Crippen LogP contribution in [0.1, 0.15) is 58.6 Å². The molecule has 0 spiro atoms. The molecule has 1 amide bonds. The van der Waals surface area contributed by atoms with Crippen molar-refractivity contribution in [1.82, 2.24) is 19.7 Å². The van der Waals surface area contributed by atoms with Crippen molar-refractivity contribution in [2.45, 2.75) is 46.1 Å². The van der Waals surface area contributed by atoms with Crippen molar-refractivity contribution < 1.29 is 14.3 Å². The molecule has 4 rings (SSSR count). The van der Waals surface area contributed by atoms with Gasteiger partial charge in [0.05, 0.1) is 36.5 Å². The normalized spacial score (nSPS) is 15.6. The Bertz CT molecular complexity index is 1190. The van der Waals surface area contributed by atoms with Crippen LogP contribution in [0.25, 0.3) is 5.52 Å². The van der Waals surface area contributed by atoms with Gasteiger partial charge in [0.2, 0.25) is 0 Å². The number of pyridine rings is 1. The molecule has 1 aliphatic heterocycles. The topological polar surface area (TPSA) is 97.7 Å². The molecule has 0 bridgehead atoms. The molecular formula is C24H30N4O4. The minimum absolute atomic E-state index is 0.0690. The third-order valence-electron chi connectivity index (χ3n) is 6.54. The highest BCUT2D eigenvalue weighted by atomic mass is 16.5. The number of H-pyrrole nitrogens is 1. The van der Waals surface area contributed by atoms with Gasteiger partial charge in [-0.2, -0.15) is 0 Å². The summed E-state index contributed by atoms with van der Waals surface area (Å²) in [4.78, 5) is 32.7. The lowest BCUT2D eigenvalue weighted by Gasteiger charge is -2.28. The maximum atomic E-state index is 13.3. The molecule has 3 aromatic heterocycles. The monoisotopic (exact) mass is 438 g/mol. The van der Waals surface area contributed by atoms with Crippen LogP contribution in [0.5, 0.6) is 5.75 Å². The Morgan fingerprint density at radius 1 is 1.38 bits per heavy atom. The van der Waals surface area contributed by atoms with Crippen LogP contribution in [0.2, 0.25) is 0 Å². The van der Waals surface area contributed by atoms with Crippen molar-refractivity contribution in [2.75, 3.05) is 20.3 Å². The Morgan fingerprint density at radius 2 is 2.12 bits per heavy atom. The predicted molar refractivity (Wildman–Crippen MR) is 121 cm³/mol. The highest BCUT2D eigenvalue weighted by Crippen LogP contribution is 2.36. The third-order valence-corrected chi connectivity index (χ3v) is 6.54. The first-order valence-corrected chi connectivity index (χ1v) is 11.0. The van der Waals surface area contributed by atoms with E-state index < -0.39 is 0 Å². The van der Waals surface area contributed by atoms with Gasteiger partial charge >= 0.3 is 0 Å². The first kappa shape index (κ1) is 22.1. The number of nitrogens with zero attached hydrogens (tertiary/aromatic N) is 2. The molecule has 1 unspecified atom stereocenters. The van der Waals surface area contributed by atoms with E-state index >= 15 is 0 Å². The van der Waals surface area contributed by atoms with Gasteiger partial charge in [0.25, 0.3) is 11.5 Å². The Morgan fingerprint density at radius 3 is 2.84 bits per heavy atom. The van der Waals surface area contributed by atoms with E-state index in [0.29, 0.717) is 28.5 Å². The molecule has 1 saturated heterocycles. The van der Waals surface area contributed by atoms with E-state index in [2.05, 4.69) is 26.6 Å². The molecule has 0 saturated carbocycles. The standard InChI is InChI=1S/C24H30N4O4/c1-14-11-20(31-4)18(23(29)27-14)12-26-24(30)21-16(3)22(28-8-7-25-13-19(21)28)15(2)17-5-9-32-10-6-17/h7-8,11,13,15,17H,5-6,9-10,12H2,1-4H3,(H,26,30)(H,27,29). The summed E-state index contributed by atoms with van der Waals surface area (Å²) < 4.78 is 13.0. The number of nitrogens with one attached hydrogen (secondary N) is 2. The molecule has 1 fully saturated rings. The average molecular weight is 439 g/mol. The van der Waals surface area contributed by atoms with Crippen molar-refractivity contribution >= 4 is 11.4 Å². The van der Waals surface area contributed by atoms with Gasteiger partial charge in [-0.15, -0.1) is 0 Å². The van der Waals surface area contributed by atoms with Crippen LogP contribution in [0.3, 0.4) is 0 Å². The zero-order valence-corrected chi connectivity index (χ0v) is 19.0. The van der Waals surface area contributed by atoms with E-state index in [9.17, 15) is 9.59 Å². The number of aryl methyl sites for hydroxylation is 1. The highest BCUT2D eigenvalue weighted by molar-refractivity contribution is 6.03. The largest absolute Gasteiger partial charge is 0.496 e. The predicted octanol–water partition coefficient (Wildman–Crippen LogP) is 3.11. The van der Waals surface area contributed by atoms with Crippen molar-refractivity contribution in [1.29, 1.82) is 0 Å². The van der Waals surface area contributed by atoms with Crippen LogP contribution >= 0.6 is 0 Å². The number of carbonyl (C=O) groups is 1. The van der Waals surface area contributed by atoms with Crippen LogP contribution in [-0.2, 0) is 11.3 Å². The van der Waals surface area contributed by atoms with Crippen LogP contribution < -0.4 is 15.6 Å². The van der Waals surface area contributed by atoms with Gasteiger partial charge in [-0.3, -0.25) is 14.6 Å². The second-order valence-electron chi connectivity index (χ2n) is 8.47. The van der Waals surface area contributed by atoms with Crippen LogP contribution in [0, 0.1) is 19.8 Å². The lowest BCUT2D eigenvalue weighted by molar-refractivity contribution is 0.0591. The zero-order chi connectivity index (χ0) is 22.8. The molecule has 8 nitrogen and oxygen atoms in total. The Hall–Kier alpha value is -3.13. The summed E-state index contributed by atoms with van der Waals surface area (Å²) >= 11 is 0. The van der Waals surface area contributed by atoms with Crippen LogP contribution in [0.15, 0.2) is 29.5 Å². The lowest BCUT2D eigenvalue weighted by Crippen LogP contribution is -2.28. The number of hydrogen-bond acceptors (Lipinski definition) is 5. The van der Waals surface area contributed by atoms with Gasteiger partial charge in [0.15, 0.2) is 0 Å². The van der Waals surface area contributed by atoms with Crippen molar-refractivity contribution in [2.24, 2.45) is 5.92 Å². The number of ether oxygens (including phenoxy) is 2. The molecule has 0 aromatic carbocycles. The van der Waals surface area contributed by atoms with E-state index in [1.54, 1.807) is 25.4 Å². The van der Waals surface area contributed by atoms with Crippen LogP contribution in [0.4, 0.5) is 0 Å². The molecule has 170 valence electrons. The van der Waals surface area contributed by atoms with E-state index in [1.165, 1.54) is 7.11 Å². The molecule has 1 atom stereocenters. The summed E-state index contributed by atoms with van der Waals surface area (Å²) in [6, 6.07) is 1.75. The molecule has 4 heterocycles. The molecular weight excluding hydrogens is 408 g/mol. The Labute approximate surface area is 187 Å². The summed E-state index contributed by atoms with van der Waals surface area (Å²) in [7, 11) is 1.51. The van der Waals surface area contributed by atoms with Gasteiger partial charge < -0.3 is 24.2 Å². The number of fused-ring (bicyclic) bond motifs is 1. The summed E-state index contributed by atoms with van der Waals surface area (Å²) in [5.41, 5.74) is 4.26. The van der Waals surface area contributed by atoms with Gasteiger partial charge in [-0.1, -0.05) is 6.92 Å². The van der Waals surface area contributed by atoms with Crippen LogP contribution in [-0.4, -0.2) is 40.6 Å². The maximum Gasteiger partial charge on any atom is 0.256 e. The average Bonchev–Trinajstić information content (AvgIpc) is 3.09. The Kier molecular flexibility index (Phi) is 6.32. The smallest absolute Gasteiger partial charge is 0.256 e. The lowest BCUT2D eigenvalue weighted by atomic mass is 9.83. The fourth-order valence-electron chi connectivity index (χ4n) is 4.84. The molecule has 1 aliphatic rings. The third kappa shape index (κ3) is 4.02. The second kappa shape index (κ2) is 9.16. The number of methoxy groups -OCH3 is 1. The SMILES string of the molecule is COc1cc(C)[nH]c(=O)c1CNC(=O)c1c(C)c(C(C)C2CCOCC2)n2ccncc12. The van der Waals surface area contributed by atoms with Gasteiger partial charge in [-0.25, -0.2) is 0 Å². The first-order chi connectivity index (χ1) is 15.4. The number of amides is 1. The number of aromatic amines is 1. The van der Waals surface area contributed by atoms with E-state index in [-0.39, 0.29) is 23.9 Å². The fraction of sp³-hybridized carbons (Fsp3) is 0.458. The van der Waals surface area contributed by atoms with Gasteiger partial charge in [0, 0.05) is 42.9 Å². The van der Waals surface area contributed by atoms with Crippen molar-refractivity contribution in [3.63, 3.8) is 0 Å². The maximum absolute atomic E-state index is 13.3. The molecule has 0 radical (unpaired) electrons. The minimum atomic E-state index is -0.267. The van der Waals surface area contributed by atoms with E-state index in [4.69, 9.17) is 9.47 Å². The van der Waals surface area contributed by atoms with E-state index in [1.807, 2.05) is 13.1 Å². The molecule has 2 N–H and O–H groups in total. The molecule has 32 heavy (non-hydrogen) atoms. The van der Waals surface area contributed by atoms with E-state index in [0.717, 1.165) is 42.8 Å². The molecule has 0 aliphatic carbocycles. The summed E-state index contributed by atoms with van der Waals surface area (Å²) in [5, 5.41) is 2.91. The summed E-state index contributed by atoms with van der Waals surface area (Å²) in [6.45, 7) is 7.63. The number of aromatic nitrogens is 3. The summed E-state index contributed by atoms with van der Waals surface area (Å²) in [5.74, 6) is 0.997. The number of hydrogen-bond donors (Lipinski definition) is 2. The number of rotatable bonds is 6. The number of carbonyl (C=O) groups excluding carboxylic acids is 1. The summed E-state index contributed by atoms with van der Waals surface area (Å²) in [6.07, 6.45) is 7.40. The molecule has 8 heteroatoms. The minimum Gasteiger partial charge on any atom is -0.496 e. The molecule has 3 aromatic rings. The van der Waals surface area contributed by atoms with Gasteiger partial charge in [-0.05, 0) is 44.2 Å².